The number of aryl methyl sites for hydroxylation is 1. The highest BCUT2D eigenvalue weighted by atomic mass is 35.5. The molecule has 1 aliphatic carbocycles. The second-order valence-electron chi connectivity index (χ2n) is 9.67. The Morgan fingerprint density at radius 1 is 0.974 bits per heavy atom. The molecule has 1 aliphatic rings. The zero-order chi connectivity index (χ0) is 27.2. The summed E-state index contributed by atoms with van der Waals surface area (Å²) >= 11 is 6.27. The molecule has 0 unspecified atom stereocenters. The van der Waals surface area contributed by atoms with Crippen molar-refractivity contribution in [3.63, 3.8) is 0 Å². The average Bonchev–Trinajstić information content (AvgIpc) is 3.64. The normalized spacial score (nSPS) is 14.5. The number of Topliss-reactive ketones (excluding diaryl/α,β-unsaturated/α-hetero) is 1. The van der Waals surface area contributed by atoms with Crippen LogP contribution in [0.4, 0.5) is 17.6 Å². The van der Waals surface area contributed by atoms with Crippen LogP contribution in [0.3, 0.4) is 0 Å². The number of amides is 1. The van der Waals surface area contributed by atoms with Gasteiger partial charge in [-0.15, -0.1) is 0 Å². The standard InChI is InChI=1S/C29H23ClF4N2O2/c1-36-24-9-3-17(12-20(24)15-25(36)19-4-6-21(31)7-5-19)14-26(37)22-13-18(2-8-23(22)30)16-35-27(38)28(10-11-28)29(32,33)34/h2-9,12-13,15H,10-11,14,16H2,1H3,(H,35,38). The molecule has 4 nitrogen and oxygen atoms in total. The summed E-state index contributed by atoms with van der Waals surface area (Å²) in [7, 11) is 1.91. The first-order chi connectivity index (χ1) is 18.0. The first kappa shape index (κ1) is 26.0. The van der Waals surface area contributed by atoms with Crippen molar-refractivity contribution in [2.45, 2.75) is 32.0 Å². The third-order valence-corrected chi connectivity index (χ3v) is 7.45. The Balaban J connectivity index is 1.32. The quantitative estimate of drug-likeness (QED) is 0.201. The molecule has 0 spiro atoms. The molecule has 0 saturated heterocycles. The van der Waals surface area contributed by atoms with Crippen molar-refractivity contribution in [2.24, 2.45) is 12.5 Å². The van der Waals surface area contributed by atoms with Gasteiger partial charge in [0.05, 0.1) is 5.02 Å². The van der Waals surface area contributed by atoms with Crippen LogP contribution in [-0.4, -0.2) is 22.4 Å². The lowest BCUT2D eigenvalue weighted by Crippen LogP contribution is -2.40. The van der Waals surface area contributed by atoms with Crippen molar-refractivity contribution in [2.75, 3.05) is 0 Å². The Kier molecular flexibility index (Phi) is 6.55. The van der Waals surface area contributed by atoms with E-state index in [0.717, 1.165) is 27.7 Å². The number of alkyl halides is 3. The maximum absolute atomic E-state index is 13.3. The summed E-state index contributed by atoms with van der Waals surface area (Å²) in [6.07, 6.45) is -4.96. The second kappa shape index (κ2) is 9.58. The molecule has 1 aromatic heterocycles. The van der Waals surface area contributed by atoms with E-state index >= 15 is 0 Å². The minimum absolute atomic E-state index is 0.0590. The van der Waals surface area contributed by atoms with Gasteiger partial charge in [0.15, 0.2) is 5.78 Å². The number of nitrogens with one attached hydrogen (secondary N) is 1. The van der Waals surface area contributed by atoms with Crippen molar-refractivity contribution in [3.05, 3.63) is 94.3 Å². The maximum atomic E-state index is 13.3. The van der Waals surface area contributed by atoms with Crippen LogP contribution in [0.2, 0.25) is 5.02 Å². The van der Waals surface area contributed by atoms with E-state index in [0.29, 0.717) is 5.56 Å². The van der Waals surface area contributed by atoms with Crippen LogP contribution < -0.4 is 5.32 Å². The van der Waals surface area contributed by atoms with Crippen molar-refractivity contribution < 1.29 is 27.2 Å². The van der Waals surface area contributed by atoms with Crippen LogP contribution in [0.5, 0.6) is 0 Å². The zero-order valence-electron chi connectivity index (χ0n) is 20.3. The largest absolute Gasteiger partial charge is 0.403 e. The van der Waals surface area contributed by atoms with Crippen molar-refractivity contribution in [3.8, 4) is 11.3 Å². The van der Waals surface area contributed by atoms with Gasteiger partial charge in [-0.05, 0) is 84.1 Å². The number of benzene rings is 3. The maximum Gasteiger partial charge on any atom is 0.403 e. The van der Waals surface area contributed by atoms with E-state index in [-0.39, 0.29) is 48.0 Å². The molecule has 0 aliphatic heterocycles. The summed E-state index contributed by atoms with van der Waals surface area (Å²) in [5.74, 6) is -1.62. The molecule has 1 saturated carbocycles. The summed E-state index contributed by atoms with van der Waals surface area (Å²) in [4.78, 5) is 25.3. The topological polar surface area (TPSA) is 51.1 Å². The van der Waals surface area contributed by atoms with Crippen molar-refractivity contribution in [1.82, 2.24) is 9.88 Å². The van der Waals surface area contributed by atoms with Crippen molar-refractivity contribution >= 4 is 34.2 Å². The lowest BCUT2D eigenvalue weighted by atomic mass is 10.00. The average molecular weight is 543 g/mol. The minimum atomic E-state index is -4.59. The van der Waals surface area contributed by atoms with E-state index in [4.69, 9.17) is 11.6 Å². The Bertz CT molecular complexity index is 1550. The van der Waals surface area contributed by atoms with E-state index in [1.165, 1.54) is 24.3 Å². The van der Waals surface area contributed by atoms with Gasteiger partial charge in [0.25, 0.3) is 0 Å². The van der Waals surface area contributed by atoms with Gasteiger partial charge in [-0.1, -0.05) is 23.7 Å². The fraction of sp³-hybridized carbons (Fsp3) is 0.241. The van der Waals surface area contributed by atoms with E-state index in [1.807, 2.05) is 35.9 Å². The van der Waals surface area contributed by atoms with Crippen LogP contribution in [0.1, 0.15) is 34.3 Å². The Labute approximate surface area is 221 Å². The number of aromatic nitrogens is 1. The molecule has 5 rings (SSSR count). The molecule has 3 aromatic carbocycles. The van der Waals surface area contributed by atoms with Gasteiger partial charge >= 0.3 is 6.18 Å². The van der Waals surface area contributed by atoms with E-state index in [2.05, 4.69) is 5.32 Å². The Hall–Kier alpha value is -3.65. The minimum Gasteiger partial charge on any atom is -0.351 e. The molecule has 0 bridgehead atoms. The monoisotopic (exact) mass is 542 g/mol. The molecular weight excluding hydrogens is 520 g/mol. The van der Waals surface area contributed by atoms with Crippen LogP contribution in [0.25, 0.3) is 22.2 Å². The lowest BCUT2D eigenvalue weighted by molar-refractivity contribution is -0.192. The van der Waals surface area contributed by atoms with Gasteiger partial charge in [-0.2, -0.15) is 13.2 Å². The lowest BCUT2D eigenvalue weighted by Gasteiger charge is -2.18. The summed E-state index contributed by atoms with van der Waals surface area (Å²) < 4.78 is 54.9. The molecule has 9 heteroatoms. The summed E-state index contributed by atoms with van der Waals surface area (Å²) in [6.45, 7) is -0.143. The first-order valence-corrected chi connectivity index (χ1v) is 12.4. The number of rotatable bonds is 7. The summed E-state index contributed by atoms with van der Waals surface area (Å²) in [6, 6.07) is 18.4. The highest BCUT2D eigenvalue weighted by Gasteiger charge is 2.68. The molecule has 1 amide bonds. The number of nitrogens with zero attached hydrogens (tertiary/aromatic N) is 1. The summed E-state index contributed by atoms with van der Waals surface area (Å²) in [5.41, 5.74) is 1.88. The third-order valence-electron chi connectivity index (χ3n) is 7.12. The van der Waals surface area contributed by atoms with E-state index < -0.39 is 17.5 Å². The van der Waals surface area contributed by atoms with Gasteiger partial charge in [0, 0.05) is 42.2 Å². The molecule has 196 valence electrons. The summed E-state index contributed by atoms with van der Waals surface area (Å²) in [5, 5.41) is 3.49. The predicted octanol–water partition coefficient (Wildman–Crippen LogP) is 7.02. The smallest absolute Gasteiger partial charge is 0.351 e. The fourth-order valence-corrected chi connectivity index (χ4v) is 4.92. The van der Waals surface area contributed by atoms with Gasteiger partial charge in [0.2, 0.25) is 5.91 Å². The van der Waals surface area contributed by atoms with Gasteiger partial charge in [-0.3, -0.25) is 9.59 Å². The number of hydrogen-bond acceptors (Lipinski definition) is 2. The Morgan fingerprint density at radius 3 is 2.32 bits per heavy atom. The molecular formula is C29H23ClF4N2O2. The number of ketones is 1. The van der Waals surface area contributed by atoms with Gasteiger partial charge in [-0.25, -0.2) is 4.39 Å². The fourth-order valence-electron chi connectivity index (χ4n) is 4.70. The third kappa shape index (κ3) is 4.80. The molecule has 0 radical (unpaired) electrons. The second-order valence-corrected chi connectivity index (χ2v) is 10.1. The molecule has 1 fully saturated rings. The molecule has 1 heterocycles. The molecule has 38 heavy (non-hydrogen) atoms. The predicted molar refractivity (Wildman–Crippen MR) is 137 cm³/mol. The number of carbonyl (C=O) groups excluding carboxylic acids is 2. The van der Waals surface area contributed by atoms with Crippen LogP contribution in [0, 0.1) is 11.2 Å². The van der Waals surface area contributed by atoms with Crippen LogP contribution in [0.15, 0.2) is 66.7 Å². The molecule has 0 atom stereocenters. The SMILES string of the molecule is Cn1c(-c2ccc(F)cc2)cc2cc(CC(=O)c3cc(CNC(=O)C4(C(F)(F)F)CC4)ccc3Cl)ccc21. The highest BCUT2D eigenvalue weighted by Crippen LogP contribution is 2.57. The molecule has 1 N–H and O–H groups in total. The van der Waals surface area contributed by atoms with Crippen molar-refractivity contribution in [1.29, 1.82) is 0 Å². The molecule has 4 aromatic rings. The number of fused-ring (bicyclic) bond motifs is 1. The van der Waals surface area contributed by atoms with Crippen LogP contribution in [-0.2, 0) is 24.8 Å². The van der Waals surface area contributed by atoms with Gasteiger partial charge in [0.1, 0.15) is 11.2 Å². The highest BCUT2D eigenvalue weighted by molar-refractivity contribution is 6.34. The number of halogens is 5. The first-order valence-electron chi connectivity index (χ1n) is 12.0. The number of carbonyl (C=O) groups is 2. The Morgan fingerprint density at radius 2 is 1.66 bits per heavy atom. The van der Waals surface area contributed by atoms with Gasteiger partial charge < -0.3 is 9.88 Å². The zero-order valence-corrected chi connectivity index (χ0v) is 21.1. The van der Waals surface area contributed by atoms with E-state index in [1.54, 1.807) is 18.2 Å². The van der Waals surface area contributed by atoms with E-state index in [9.17, 15) is 27.2 Å². The van der Waals surface area contributed by atoms with Crippen LogP contribution >= 0.6 is 11.6 Å². The number of hydrogen-bond donors (Lipinski definition) is 1.